The van der Waals surface area contributed by atoms with Gasteiger partial charge in [0.1, 0.15) is 0 Å². The first kappa shape index (κ1) is 20.0. The number of hydrogen-bond acceptors (Lipinski definition) is 3. The van der Waals surface area contributed by atoms with Gasteiger partial charge >= 0.3 is 6.09 Å². The summed E-state index contributed by atoms with van der Waals surface area (Å²) in [7, 11) is 1.79. The van der Waals surface area contributed by atoms with Crippen LogP contribution in [0.2, 0.25) is 0 Å². The lowest BCUT2D eigenvalue weighted by Crippen LogP contribution is -2.50. The van der Waals surface area contributed by atoms with Gasteiger partial charge < -0.3 is 25.3 Å². The fraction of sp³-hybridized carbons (Fsp3) is 0.524. The lowest BCUT2D eigenvalue weighted by atomic mass is 10.1. The van der Waals surface area contributed by atoms with Gasteiger partial charge in [0, 0.05) is 49.8 Å². The number of aliphatic imine (C=N–C) groups is 1. The third kappa shape index (κ3) is 5.18. The molecule has 0 bridgehead atoms. The minimum atomic E-state index is -0.208. The number of rotatable bonds is 6. The van der Waals surface area contributed by atoms with Crippen LogP contribution in [0.25, 0.3) is 10.9 Å². The number of hydrogen-bond donors (Lipinski definition) is 3. The summed E-state index contributed by atoms with van der Waals surface area (Å²) in [6, 6.07) is 8.73. The SMILES string of the molecule is CCOC(=O)N1CCC(NC(=NC)NCCCc2c[nH]c3ccccc23)CC1. The van der Waals surface area contributed by atoms with E-state index in [4.69, 9.17) is 4.74 Å². The van der Waals surface area contributed by atoms with E-state index in [-0.39, 0.29) is 6.09 Å². The van der Waals surface area contributed by atoms with Gasteiger partial charge in [-0.05, 0) is 44.2 Å². The lowest BCUT2D eigenvalue weighted by Gasteiger charge is -2.32. The van der Waals surface area contributed by atoms with E-state index in [1.807, 2.05) is 6.92 Å². The number of para-hydroxylation sites is 1. The van der Waals surface area contributed by atoms with Crippen molar-refractivity contribution in [1.82, 2.24) is 20.5 Å². The van der Waals surface area contributed by atoms with Gasteiger partial charge in [-0.15, -0.1) is 0 Å². The van der Waals surface area contributed by atoms with Crippen LogP contribution in [0.15, 0.2) is 35.5 Å². The van der Waals surface area contributed by atoms with Crippen LogP contribution in [0.3, 0.4) is 0 Å². The monoisotopic (exact) mass is 385 g/mol. The zero-order valence-electron chi connectivity index (χ0n) is 16.8. The van der Waals surface area contributed by atoms with E-state index in [1.54, 1.807) is 11.9 Å². The van der Waals surface area contributed by atoms with Crippen LogP contribution in [-0.4, -0.2) is 61.3 Å². The molecule has 1 fully saturated rings. The molecule has 0 saturated carbocycles. The number of H-pyrrole nitrogens is 1. The summed E-state index contributed by atoms with van der Waals surface area (Å²) in [5.41, 5.74) is 2.55. The normalized spacial score (nSPS) is 15.6. The summed E-state index contributed by atoms with van der Waals surface area (Å²) in [6.45, 7) is 4.55. The molecule has 1 aromatic carbocycles. The smallest absolute Gasteiger partial charge is 0.409 e. The van der Waals surface area contributed by atoms with Crippen LogP contribution >= 0.6 is 0 Å². The Labute approximate surface area is 166 Å². The van der Waals surface area contributed by atoms with Crippen molar-refractivity contribution in [3.05, 3.63) is 36.0 Å². The van der Waals surface area contributed by atoms with Crippen LogP contribution in [0, 0.1) is 0 Å². The molecule has 2 heterocycles. The van der Waals surface area contributed by atoms with Gasteiger partial charge in [-0.25, -0.2) is 4.79 Å². The molecule has 7 heteroatoms. The molecule has 3 N–H and O–H groups in total. The van der Waals surface area contributed by atoms with Gasteiger partial charge in [-0.3, -0.25) is 4.99 Å². The van der Waals surface area contributed by atoms with Crippen LogP contribution in [-0.2, 0) is 11.2 Å². The number of ether oxygens (including phenoxy) is 1. The number of carbonyl (C=O) groups excluding carboxylic acids is 1. The zero-order valence-corrected chi connectivity index (χ0v) is 16.8. The summed E-state index contributed by atoms with van der Waals surface area (Å²) < 4.78 is 5.07. The number of guanidine groups is 1. The Hall–Kier alpha value is -2.70. The van der Waals surface area contributed by atoms with Crippen molar-refractivity contribution in [3.63, 3.8) is 0 Å². The molecule has 1 saturated heterocycles. The minimum absolute atomic E-state index is 0.208. The fourth-order valence-electron chi connectivity index (χ4n) is 3.63. The Balaban J connectivity index is 1.38. The second kappa shape index (κ2) is 10.0. The number of benzene rings is 1. The van der Waals surface area contributed by atoms with Crippen molar-refractivity contribution in [3.8, 4) is 0 Å². The maximum atomic E-state index is 11.8. The van der Waals surface area contributed by atoms with Gasteiger partial charge in [0.05, 0.1) is 6.61 Å². The van der Waals surface area contributed by atoms with Gasteiger partial charge in [0.2, 0.25) is 0 Å². The van der Waals surface area contributed by atoms with E-state index >= 15 is 0 Å². The van der Waals surface area contributed by atoms with Crippen molar-refractivity contribution < 1.29 is 9.53 Å². The van der Waals surface area contributed by atoms with E-state index in [0.29, 0.717) is 25.7 Å². The number of nitrogens with zero attached hydrogens (tertiary/aromatic N) is 2. The fourth-order valence-corrected chi connectivity index (χ4v) is 3.63. The number of fused-ring (bicyclic) bond motifs is 1. The maximum absolute atomic E-state index is 11.8. The molecule has 1 aliphatic heterocycles. The van der Waals surface area contributed by atoms with Crippen molar-refractivity contribution in [1.29, 1.82) is 0 Å². The molecule has 7 nitrogen and oxygen atoms in total. The number of aryl methyl sites for hydroxylation is 1. The van der Waals surface area contributed by atoms with E-state index < -0.39 is 0 Å². The number of nitrogens with one attached hydrogen (secondary N) is 3. The second-order valence-corrected chi connectivity index (χ2v) is 7.07. The van der Waals surface area contributed by atoms with E-state index in [0.717, 1.165) is 38.2 Å². The number of aromatic amines is 1. The zero-order chi connectivity index (χ0) is 19.8. The topological polar surface area (TPSA) is 81.8 Å². The first-order valence-electron chi connectivity index (χ1n) is 10.1. The van der Waals surface area contributed by atoms with Crippen molar-refractivity contribution in [2.75, 3.05) is 33.3 Å². The Morgan fingerprint density at radius 3 is 2.86 bits per heavy atom. The van der Waals surface area contributed by atoms with Crippen molar-refractivity contribution in [2.24, 2.45) is 4.99 Å². The third-order valence-electron chi connectivity index (χ3n) is 5.18. The van der Waals surface area contributed by atoms with Crippen LogP contribution in [0.1, 0.15) is 31.7 Å². The summed E-state index contributed by atoms with van der Waals surface area (Å²) in [5, 5.41) is 8.18. The molecule has 152 valence electrons. The predicted molar refractivity (Wildman–Crippen MR) is 113 cm³/mol. The molecule has 0 aliphatic carbocycles. The molecule has 28 heavy (non-hydrogen) atoms. The third-order valence-corrected chi connectivity index (χ3v) is 5.18. The highest BCUT2D eigenvalue weighted by molar-refractivity contribution is 5.83. The molecule has 3 rings (SSSR count). The Morgan fingerprint density at radius 1 is 1.32 bits per heavy atom. The van der Waals surface area contributed by atoms with Gasteiger partial charge in [-0.1, -0.05) is 18.2 Å². The van der Waals surface area contributed by atoms with Crippen LogP contribution in [0.5, 0.6) is 0 Å². The Kier molecular flexibility index (Phi) is 7.17. The number of aromatic nitrogens is 1. The first-order valence-corrected chi connectivity index (χ1v) is 10.1. The first-order chi connectivity index (χ1) is 13.7. The highest BCUT2D eigenvalue weighted by atomic mass is 16.6. The average molecular weight is 386 g/mol. The van der Waals surface area contributed by atoms with Crippen molar-refractivity contribution >= 4 is 23.0 Å². The minimum Gasteiger partial charge on any atom is -0.450 e. The molecule has 2 aromatic rings. The number of piperidine rings is 1. The number of amides is 1. The number of likely N-dealkylation sites (tertiary alicyclic amines) is 1. The molecule has 1 aromatic heterocycles. The highest BCUT2D eigenvalue weighted by Crippen LogP contribution is 2.18. The molecule has 1 amide bonds. The predicted octanol–water partition coefficient (Wildman–Crippen LogP) is 2.89. The summed E-state index contributed by atoms with van der Waals surface area (Å²) in [6.07, 6.45) is 5.75. The van der Waals surface area contributed by atoms with Gasteiger partial charge in [-0.2, -0.15) is 0 Å². The molecule has 0 spiro atoms. The molecular weight excluding hydrogens is 354 g/mol. The van der Waals surface area contributed by atoms with Gasteiger partial charge in [0.25, 0.3) is 0 Å². The van der Waals surface area contributed by atoms with Crippen molar-refractivity contribution in [2.45, 2.75) is 38.6 Å². The van der Waals surface area contributed by atoms with E-state index in [1.165, 1.54) is 16.5 Å². The van der Waals surface area contributed by atoms with E-state index in [9.17, 15) is 4.79 Å². The van der Waals surface area contributed by atoms with Crippen LogP contribution in [0.4, 0.5) is 4.79 Å². The molecular formula is C21H31N5O2. The summed E-state index contributed by atoms with van der Waals surface area (Å²) in [5.74, 6) is 0.827. The van der Waals surface area contributed by atoms with E-state index in [2.05, 4.69) is 51.1 Å². The Bertz CT molecular complexity index is 793. The molecule has 0 unspecified atom stereocenters. The molecule has 1 aliphatic rings. The standard InChI is InChI=1S/C21H31N5O2/c1-3-28-21(27)26-13-10-17(11-14-26)25-20(22-2)23-12-6-7-16-15-24-19-9-5-4-8-18(16)19/h4-5,8-9,15,17,24H,3,6-7,10-14H2,1-2H3,(H2,22,23,25). The largest absolute Gasteiger partial charge is 0.450 e. The molecule has 0 radical (unpaired) electrons. The summed E-state index contributed by atoms with van der Waals surface area (Å²) >= 11 is 0. The molecule has 0 atom stereocenters. The average Bonchev–Trinajstić information content (AvgIpc) is 3.14. The summed E-state index contributed by atoms with van der Waals surface area (Å²) in [4.78, 5) is 21.2. The number of carbonyl (C=O) groups is 1. The lowest BCUT2D eigenvalue weighted by molar-refractivity contribution is 0.0963. The van der Waals surface area contributed by atoms with Crippen LogP contribution < -0.4 is 10.6 Å². The Morgan fingerprint density at radius 2 is 2.11 bits per heavy atom. The maximum Gasteiger partial charge on any atom is 0.409 e. The second-order valence-electron chi connectivity index (χ2n) is 7.07. The van der Waals surface area contributed by atoms with Gasteiger partial charge in [0.15, 0.2) is 5.96 Å². The quantitative estimate of drug-likeness (QED) is 0.406. The highest BCUT2D eigenvalue weighted by Gasteiger charge is 2.23.